The van der Waals surface area contributed by atoms with Crippen LogP contribution in [0.3, 0.4) is 0 Å². The predicted octanol–water partition coefficient (Wildman–Crippen LogP) is 3.64. The van der Waals surface area contributed by atoms with Gasteiger partial charge >= 0.3 is 0 Å². The Balaban J connectivity index is 2.16. The van der Waals surface area contributed by atoms with Crippen LogP contribution in [-0.2, 0) is 13.8 Å². The smallest absolute Gasteiger partial charge is 0.261 e. The Morgan fingerprint density at radius 1 is 1.35 bits per heavy atom. The monoisotopic (exact) mass is 335 g/mol. The molecule has 1 saturated carbocycles. The molecule has 0 bridgehead atoms. The Hall–Kier alpha value is -0.780. The molecule has 0 spiro atoms. The standard InChI is InChI=1S/C13H15Cl2NO3S/c1-8-3-2-4-10(8)13(17)16-12-6-5-9(7-11(12)14)20(15,18)19/h5-8,10H,2-4H2,1H3,(H,16,17). The summed E-state index contributed by atoms with van der Waals surface area (Å²) in [7, 11) is 1.42. The number of halogens is 2. The van der Waals surface area contributed by atoms with E-state index in [4.69, 9.17) is 22.3 Å². The van der Waals surface area contributed by atoms with Crippen molar-refractivity contribution in [2.75, 3.05) is 5.32 Å². The molecule has 0 aromatic heterocycles. The van der Waals surface area contributed by atoms with Crippen molar-refractivity contribution >= 4 is 42.9 Å². The van der Waals surface area contributed by atoms with E-state index in [1.165, 1.54) is 18.2 Å². The van der Waals surface area contributed by atoms with Gasteiger partial charge in [0.2, 0.25) is 5.91 Å². The van der Waals surface area contributed by atoms with Crippen molar-refractivity contribution in [3.05, 3.63) is 23.2 Å². The molecule has 2 rings (SSSR count). The number of carbonyl (C=O) groups is 1. The minimum absolute atomic E-state index is 0.0116. The second-order valence-electron chi connectivity index (χ2n) is 5.08. The molecule has 20 heavy (non-hydrogen) atoms. The third-order valence-corrected chi connectivity index (χ3v) is 5.34. The molecule has 0 radical (unpaired) electrons. The van der Waals surface area contributed by atoms with Crippen LogP contribution < -0.4 is 5.32 Å². The van der Waals surface area contributed by atoms with E-state index in [1.807, 2.05) is 0 Å². The Labute approximate surface area is 127 Å². The Morgan fingerprint density at radius 2 is 2.05 bits per heavy atom. The molecule has 1 aliphatic carbocycles. The van der Waals surface area contributed by atoms with E-state index in [0.29, 0.717) is 11.6 Å². The lowest BCUT2D eigenvalue weighted by atomic mass is 9.97. The third-order valence-electron chi connectivity index (χ3n) is 3.68. The Morgan fingerprint density at radius 3 is 2.55 bits per heavy atom. The molecule has 0 saturated heterocycles. The van der Waals surface area contributed by atoms with Crippen molar-refractivity contribution in [2.24, 2.45) is 11.8 Å². The minimum atomic E-state index is -3.82. The third kappa shape index (κ3) is 3.45. The lowest BCUT2D eigenvalue weighted by Crippen LogP contribution is -2.24. The van der Waals surface area contributed by atoms with Crippen LogP contribution in [0.4, 0.5) is 5.69 Å². The Bertz CT molecular complexity index is 631. The Kier molecular flexibility index (Phi) is 4.62. The highest BCUT2D eigenvalue weighted by Crippen LogP contribution is 2.33. The summed E-state index contributed by atoms with van der Waals surface area (Å²) in [5.74, 6) is 0.275. The van der Waals surface area contributed by atoms with E-state index in [-0.39, 0.29) is 21.7 Å². The van der Waals surface area contributed by atoms with Gasteiger partial charge in [0.05, 0.1) is 15.6 Å². The highest BCUT2D eigenvalue weighted by atomic mass is 35.7. The number of anilines is 1. The first-order chi connectivity index (χ1) is 9.29. The van der Waals surface area contributed by atoms with Gasteiger partial charge in [-0.1, -0.05) is 24.9 Å². The summed E-state index contributed by atoms with van der Waals surface area (Å²) in [4.78, 5) is 12.1. The summed E-state index contributed by atoms with van der Waals surface area (Å²) in [6.07, 6.45) is 2.98. The molecule has 4 nitrogen and oxygen atoms in total. The van der Waals surface area contributed by atoms with Crippen molar-refractivity contribution in [2.45, 2.75) is 31.1 Å². The van der Waals surface area contributed by atoms with Gasteiger partial charge in [-0.05, 0) is 37.0 Å². The highest BCUT2D eigenvalue weighted by molar-refractivity contribution is 8.13. The first-order valence-electron chi connectivity index (χ1n) is 6.34. The fourth-order valence-corrected chi connectivity index (χ4v) is 3.58. The molecule has 7 heteroatoms. The van der Waals surface area contributed by atoms with E-state index in [2.05, 4.69) is 12.2 Å². The molecule has 2 unspecified atom stereocenters. The van der Waals surface area contributed by atoms with E-state index in [1.54, 1.807) is 0 Å². The number of hydrogen-bond acceptors (Lipinski definition) is 3. The van der Waals surface area contributed by atoms with Crippen molar-refractivity contribution < 1.29 is 13.2 Å². The van der Waals surface area contributed by atoms with Gasteiger partial charge in [-0.3, -0.25) is 4.79 Å². The zero-order valence-corrected chi connectivity index (χ0v) is 13.2. The fraction of sp³-hybridized carbons (Fsp3) is 0.462. The molecule has 2 atom stereocenters. The van der Waals surface area contributed by atoms with Crippen molar-refractivity contribution in [1.29, 1.82) is 0 Å². The van der Waals surface area contributed by atoms with Gasteiger partial charge in [-0.15, -0.1) is 0 Å². The first-order valence-corrected chi connectivity index (χ1v) is 9.03. The first kappa shape index (κ1) is 15.6. The van der Waals surface area contributed by atoms with E-state index >= 15 is 0 Å². The summed E-state index contributed by atoms with van der Waals surface area (Å²) in [5.41, 5.74) is 0.403. The van der Waals surface area contributed by atoms with Crippen LogP contribution in [0, 0.1) is 11.8 Å². The van der Waals surface area contributed by atoms with Gasteiger partial charge in [0.1, 0.15) is 0 Å². The molecule has 1 aromatic carbocycles. The van der Waals surface area contributed by atoms with Crippen LogP contribution in [0.2, 0.25) is 5.02 Å². The molecule has 1 N–H and O–H groups in total. The summed E-state index contributed by atoms with van der Waals surface area (Å²) in [6.45, 7) is 2.06. The lowest BCUT2D eigenvalue weighted by molar-refractivity contribution is -0.120. The number of hydrogen-bond donors (Lipinski definition) is 1. The molecule has 1 aromatic rings. The molecule has 0 aliphatic heterocycles. The summed E-state index contributed by atoms with van der Waals surface area (Å²) in [6, 6.07) is 4.01. The molecular formula is C13H15Cl2NO3S. The minimum Gasteiger partial charge on any atom is -0.325 e. The zero-order valence-electron chi connectivity index (χ0n) is 10.9. The van der Waals surface area contributed by atoms with Crippen LogP contribution in [0.25, 0.3) is 0 Å². The summed E-state index contributed by atoms with van der Waals surface area (Å²) < 4.78 is 22.4. The normalized spacial score (nSPS) is 22.8. The molecule has 110 valence electrons. The van der Waals surface area contributed by atoms with Gasteiger partial charge in [-0.2, -0.15) is 0 Å². The van der Waals surface area contributed by atoms with Gasteiger partial charge in [0, 0.05) is 16.6 Å². The van der Waals surface area contributed by atoms with Crippen molar-refractivity contribution in [3.63, 3.8) is 0 Å². The second-order valence-corrected chi connectivity index (χ2v) is 8.06. The van der Waals surface area contributed by atoms with E-state index in [0.717, 1.165) is 19.3 Å². The van der Waals surface area contributed by atoms with Crippen LogP contribution in [-0.4, -0.2) is 14.3 Å². The van der Waals surface area contributed by atoms with Crippen molar-refractivity contribution in [3.8, 4) is 0 Å². The number of nitrogens with one attached hydrogen (secondary N) is 1. The van der Waals surface area contributed by atoms with Gasteiger partial charge < -0.3 is 5.32 Å². The fourth-order valence-electron chi connectivity index (χ4n) is 2.51. The van der Waals surface area contributed by atoms with Gasteiger partial charge in [0.15, 0.2) is 0 Å². The number of amides is 1. The molecule has 1 fully saturated rings. The van der Waals surface area contributed by atoms with Gasteiger partial charge in [0.25, 0.3) is 9.05 Å². The predicted molar refractivity (Wildman–Crippen MR) is 79.6 cm³/mol. The van der Waals surface area contributed by atoms with Gasteiger partial charge in [-0.25, -0.2) is 8.42 Å². The average molecular weight is 336 g/mol. The topological polar surface area (TPSA) is 63.2 Å². The van der Waals surface area contributed by atoms with Crippen LogP contribution in [0.15, 0.2) is 23.1 Å². The van der Waals surface area contributed by atoms with E-state index in [9.17, 15) is 13.2 Å². The second kappa shape index (κ2) is 5.92. The van der Waals surface area contributed by atoms with Crippen LogP contribution in [0.5, 0.6) is 0 Å². The van der Waals surface area contributed by atoms with Crippen LogP contribution >= 0.6 is 22.3 Å². The molecular weight excluding hydrogens is 321 g/mol. The molecule has 0 heterocycles. The maximum atomic E-state index is 12.1. The molecule has 1 amide bonds. The maximum absolute atomic E-state index is 12.1. The summed E-state index contributed by atoms with van der Waals surface area (Å²) >= 11 is 5.98. The summed E-state index contributed by atoms with van der Waals surface area (Å²) in [5, 5.41) is 2.91. The maximum Gasteiger partial charge on any atom is 0.261 e. The van der Waals surface area contributed by atoms with Crippen LogP contribution in [0.1, 0.15) is 26.2 Å². The highest BCUT2D eigenvalue weighted by Gasteiger charge is 2.30. The number of carbonyl (C=O) groups excluding carboxylic acids is 1. The zero-order chi connectivity index (χ0) is 14.9. The van der Waals surface area contributed by atoms with E-state index < -0.39 is 9.05 Å². The number of benzene rings is 1. The van der Waals surface area contributed by atoms with Crippen molar-refractivity contribution in [1.82, 2.24) is 0 Å². The molecule has 1 aliphatic rings. The average Bonchev–Trinajstić information content (AvgIpc) is 2.76. The SMILES string of the molecule is CC1CCCC1C(=O)Nc1ccc(S(=O)(=O)Cl)cc1Cl. The largest absolute Gasteiger partial charge is 0.325 e. The number of rotatable bonds is 3. The quantitative estimate of drug-likeness (QED) is 0.857. The lowest BCUT2D eigenvalue weighted by Gasteiger charge is -2.16.